The normalized spacial score (nSPS) is 10.9. The van der Waals surface area contributed by atoms with Crippen molar-refractivity contribution in [3.8, 4) is 11.5 Å². The molecule has 4 nitrogen and oxygen atoms in total. The van der Waals surface area contributed by atoms with E-state index in [1.165, 1.54) is 5.56 Å². The van der Waals surface area contributed by atoms with Gasteiger partial charge < -0.3 is 9.73 Å². The highest BCUT2D eigenvalue weighted by atomic mass is 127. The Labute approximate surface area is 174 Å². The first-order chi connectivity index (χ1) is 13.0. The van der Waals surface area contributed by atoms with Crippen LogP contribution in [0.4, 0.5) is 5.69 Å². The molecule has 1 aromatic heterocycles. The Morgan fingerprint density at radius 3 is 2.63 bits per heavy atom. The van der Waals surface area contributed by atoms with E-state index in [2.05, 4.69) is 32.9 Å². The van der Waals surface area contributed by atoms with Crippen LogP contribution >= 0.6 is 34.2 Å². The van der Waals surface area contributed by atoms with Gasteiger partial charge in [-0.2, -0.15) is 0 Å². The van der Waals surface area contributed by atoms with Gasteiger partial charge in [-0.25, -0.2) is 4.98 Å². The number of oxazole rings is 1. The quantitative estimate of drug-likeness (QED) is 0.344. The Hall–Kier alpha value is -2.38. The van der Waals surface area contributed by atoms with E-state index in [1.807, 2.05) is 37.3 Å². The van der Waals surface area contributed by atoms with Gasteiger partial charge in [0.2, 0.25) is 5.89 Å². The van der Waals surface area contributed by atoms with Crippen LogP contribution in [0.1, 0.15) is 15.9 Å². The summed E-state index contributed by atoms with van der Waals surface area (Å²) in [7, 11) is 0. The van der Waals surface area contributed by atoms with Crippen LogP contribution in [0.3, 0.4) is 0 Å². The average molecular weight is 489 g/mol. The lowest BCUT2D eigenvalue weighted by molar-refractivity contribution is 0.102. The number of benzene rings is 3. The van der Waals surface area contributed by atoms with Crippen LogP contribution in [-0.2, 0) is 0 Å². The molecule has 0 radical (unpaired) electrons. The summed E-state index contributed by atoms with van der Waals surface area (Å²) >= 11 is 8.29. The van der Waals surface area contributed by atoms with Crippen molar-refractivity contribution >= 4 is 56.9 Å². The minimum Gasteiger partial charge on any atom is -0.436 e. The maximum absolute atomic E-state index is 12.5. The van der Waals surface area contributed by atoms with Crippen LogP contribution in [0.2, 0.25) is 5.02 Å². The molecular formula is C21H14ClIN2O2. The Morgan fingerprint density at radius 2 is 1.85 bits per heavy atom. The van der Waals surface area contributed by atoms with E-state index >= 15 is 0 Å². The predicted octanol–water partition coefficient (Wildman–Crippen LogP) is 6.31. The summed E-state index contributed by atoms with van der Waals surface area (Å²) in [6.45, 7) is 2.03. The molecule has 134 valence electrons. The van der Waals surface area contributed by atoms with Crippen molar-refractivity contribution in [2.24, 2.45) is 0 Å². The molecule has 27 heavy (non-hydrogen) atoms. The fourth-order valence-corrected chi connectivity index (χ4v) is 3.39. The molecule has 0 aliphatic rings. The lowest BCUT2D eigenvalue weighted by atomic mass is 10.1. The highest BCUT2D eigenvalue weighted by Crippen LogP contribution is 2.27. The number of rotatable bonds is 3. The SMILES string of the molecule is Cc1ccc(-c2nc3cc(NC(=O)c4cc(I)ccc4Cl)ccc3o2)cc1. The number of carbonyl (C=O) groups is 1. The van der Waals surface area contributed by atoms with Gasteiger partial charge in [-0.05, 0) is 78.0 Å². The third kappa shape index (κ3) is 3.84. The van der Waals surface area contributed by atoms with E-state index < -0.39 is 0 Å². The average Bonchev–Trinajstić information content (AvgIpc) is 3.07. The number of carbonyl (C=O) groups excluding carboxylic acids is 1. The molecule has 4 aromatic rings. The van der Waals surface area contributed by atoms with E-state index in [4.69, 9.17) is 16.0 Å². The molecular weight excluding hydrogens is 475 g/mol. The first kappa shape index (κ1) is 18.0. The van der Waals surface area contributed by atoms with Crippen LogP contribution in [0.15, 0.2) is 65.1 Å². The first-order valence-corrected chi connectivity index (χ1v) is 9.69. The standard InChI is InChI=1S/C21H14ClIN2O2/c1-12-2-4-13(5-3-12)21-25-18-11-15(7-9-19(18)27-21)24-20(26)16-10-14(23)6-8-17(16)22/h2-11H,1H3,(H,24,26). The molecule has 0 saturated carbocycles. The largest absolute Gasteiger partial charge is 0.436 e. The summed E-state index contributed by atoms with van der Waals surface area (Å²) in [5, 5.41) is 3.28. The third-order valence-corrected chi connectivity index (χ3v) is 5.12. The monoisotopic (exact) mass is 488 g/mol. The summed E-state index contributed by atoms with van der Waals surface area (Å²) in [5.41, 5.74) is 4.49. The number of aryl methyl sites for hydroxylation is 1. The van der Waals surface area contributed by atoms with Crippen molar-refractivity contribution in [2.75, 3.05) is 5.32 Å². The van der Waals surface area contributed by atoms with E-state index in [1.54, 1.807) is 30.3 Å². The predicted molar refractivity (Wildman–Crippen MR) is 116 cm³/mol. The van der Waals surface area contributed by atoms with Gasteiger partial charge in [0.1, 0.15) is 5.52 Å². The summed E-state index contributed by atoms with van der Waals surface area (Å²) < 4.78 is 6.77. The number of anilines is 1. The van der Waals surface area contributed by atoms with Crippen LogP contribution in [0.5, 0.6) is 0 Å². The van der Waals surface area contributed by atoms with Crippen molar-refractivity contribution in [2.45, 2.75) is 6.92 Å². The second-order valence-electron chi connectivity index (χ2n) is 6.15. The maximum atomic E-state index is 12.5. The molecule has 3 aromatic carbocycles. The van der Waals surface area contributed by atoms with Gasteiger partial charge in [0.25, 0.3) is 5.91 Å². The number of halogens is 2. The molecule has 0 unspecified atom stereocenters. The molecule has 0 aliphatic carbocycles. The molecule has 0 spiro atoms. The topological polar surface area (TPSA) is 55.1 Å². The summed E-state index contributed by atoms with van der Waals surface area (Å²) in [5.74, 6) is 0.286. The number of hydrogen-bond acceptors (Lipinski definition) is 3. The second kappa shape index (κ2) is 7.32. The number of nitrogens with zero attached hydrogens (tertiary/aromatic N) is 1. The molecule has 0 bridgehead atoms. The zero-order valence-electron chi connectivity index (χ0n) is 14.3. The Kier molecular flexibility index (Phi) is 4.88. The van der Waals surface area contributed by atoms with Gasteiger partial charge >= 0.3 is 0 Å². The van der Waals surface area contributed by atoms with Crippen molar-refractivity contribution in [1.29, 1.82) is 0 Å². The van der Waals surface area contributed by atoms with E-state index in [9.17, 15) is 4.79 Å². The van der Waals surface area contributed by atoms with Crippen molar-refractivity contribution in [3.63, 3.8) is 0 Å². The molecule has 0 aliphatic heterocycles. The minimum absolute atomic E-state index is 0.264. The molecule has 0 fully saturated rings. The van der Waals surface area contributed by atoms with E-state index in [-0.39, 0.29) is 5.91 Å². The van der Waals surface area contributed by atoms with Gasteiger partial charge in [-0.1, -0.05) is 29.3 Å². The van der Waals surface area contributed by atoms with Crippen LogP contribution in [0.25, 0.3) is 22.6 Å². The van der Waals surface area contributed by atoms with Gasteiger partial charge in [-0.15, -0.1) is 0 Å². The fourth-order valence-electron chi connectivity index (χ4n) is 2.69. The Bertz CT molecular complexity index is 1150. The van der Waals surface area contributed by atoms with Gasteiger partial charge in [0.15, 0.2) is 5.58 Å². The summed E-state index contributed by atoms with van der Waals surface area (Å²) in [6, 6.07) is 18.7. The molecule has 1 N–H and O–H groups in total. The summed E-state index contributed by atoms with van der Waals surface area (Å²) in [4.78, 5) is 17.1. The number of amides is 1. The van der Waals surface area contributed by atoms with Gasteiger partial charge in [0.05, 0.1) is 10.6 Å². The van der Waals surface area contributed by atoms with Gasteiger partial charge in [-0.3, -0.25) is 4.79 Å². The lowest BCUT2D eigenvalue weighted by Crippen LogP contribution is -2.12. The maximum Gasteiger partial charge on any atom is 0.257 e. The van der Waals surface area contributed by atoms with Crippen molar-refractivity contribution < 1.29 is 9.21 Å². The zero-order chi connectivity index (χ0) is 19.0. The van der Waals surface area contributed by atoms with E-state index in [0.29, 0.717) is 33.3 Å². The molecule has 0 saturated heterocycles. The van der Waals surface area contributed by atoms with Crippen molar-refractivity contribution in [3.05, 3.63) is 80.4 Å². The lowest BCUT2D eigenvalue weighted by Gasteiger charge is -2.07. The minimum atomic E-state index is -0.264. The third-order valence-electron chi connectivity index (χ3n) is 4.12. The number of aromatic nitrogens is 1. The number of fused-ring (bicyclic) bond motifs is 1. The zero-order valence-corrected chi connectivity index (χ0v) is 17.2. The number of nitrogens with one attached hydrogen (secondary N) is 1. The Morgan fingerprint density at radius 1 is 1.07 bits per heavy atom. The van der Waals surface area contributed by atoms with Gasteiger partial charge in [0, 0.05) is 14.8 Å². The summed E-state index contributed by atoms with van der Waals surface area (Å²) in [6.07, 6.45) is 0. The second-order valence-corrected chi connectivity index (χ2v) is 7.80. The number of hydrogen-bond donors (Lipinski definition) is 1. The first-order valence-electron chi connectivity index (χ1n) is 8.23. The highest BCUT2D eigenvalue weighted by Gasteiger charge is 2.13. The molecule has 1 heterocycles. The Balaban J connectivity index is 1.62. The van der Waals surface area contributed by atoms with E-state index in [0.717, 1.165) is 9.13 Å². The van der Waals surface area contributed by atoms with Crippen LogP contribution in [0, 0.1) is 10.5 Å². The molecule has 0 atom stereocenters. The smallest absolute Gasteiger partial charge is 0.257 e. The fraction of sp³-hybridized carbons (Fsp3) is 0.0476. The molecule has 6 heteroatoms. The van der Waals surface area contributed by atoms with Crippen molar-refractivity contribution in [1.82, 2.24) is 4.98 Å². The van der Waals surface area contributed by atoms with Crippen LogP contribution in [-0.4, -0.2) is 10.9 Å². The highest BCUT2D eigenvalue weighted by molar-refractivity contribution is 14.1. The molecule has 4 rings (SSSR count). The van der Waals surface area contributed by atoms with Crippen LogP contribution < -0.4 is 5.32 Å². The molecule has 1 amide bonds.